The number of anilines is 1. The predicted octanol–water partition coefficient (Wildman–Crippen LogP) is 6.46. The van der Waals surface area contributed by atoms with Crippen LogP contribution in [0.3, 0.4) is 0 Å². The van der Waals surface area contributed by atoms with E-state index in [9.17, 15) is 14.4 Å². The van der Waals surface area contributed by atoms with Crippen LogP contribution in [0.25, 0.3) is 0 Å². The van der Waals surface area contributed by atoms with Crippen LogP contribution in [0.15, 0.2) is 105 Å². The van der Waals surface area contributed by atoms with Crippen molar-refractivity contribution in [1.29, 1.82) is 0 Å². The summed E-state index contributed by atoms with van der Waals surface area (Å²) in [6.45, 7) is 0. The van der Waals surface area contributed by atoms with Crippen LogP contribution in [-0.2, 0) is 0 Å². The van der Waals surface area contributed by atoms with Gasteiger partial charge in [0.15, 0.2) is 5.75 Å². The molecule has 0 aliphatic heterocycles. The average Bonchev–Trinajstić information content (AvgIpc) is 2.95. The van der Waals surface area contributed by atoms with E-state index in [1.54, 1.807) is 84.9 Å². The van der Waals surface area contributed by atoms with E-state index in [-0.39, 0.29) is 11.7 Å². The lowest BCUT2D eigenvalue weighted by Crippen LogP contribution is -2.18. The van der Waals surface area contributed by atoms with Crippen molar-refractivity contribution in [3.05, 3.63) is 122 Å². The van der Waals surface area contributed by atoms with E-state index in [1.165, 1.54) is 13.3 Å². The van der Waals surface area contributed by atoms with Crippen molar-refractivity contribution in [3.8, 4) is 11.5 Å². The maximum absolute atomic E-state index is 12.7. The maximum Gasteiger partial charge on any atom is 0.343 e. The minimum Gasteiger partial charge on any atom is -0.497 e. The fraction of sp³-hybridized carbons (Fsp3) is 0.0345. The van der Waals surface area contributed by atoms with Gasteiger partial charge in [-0.3, -0.25) is 9.59 Å². The minimum atomic E-state index is -0.575. The van der Waals surface area contributed by atoms with E-state index in [2.05, 4.69) is 47.7 Å². The molecule has 8 nitrogen and oxygen atoms in total. The van der Waals surface area contributed by atoms with Gasteiger partial charge in [-0.2, -0.15) is 5.10 Å². The van der Waals surface area contributed by atoms with Crippen LogP contribution in [-0.4, -0.2) is 31.1 Å². The minimum absolute atomic E-state index is 0.225. The lowest BCUT2D eigenvalue weighted by atomic mass is 10.1. The van der Waals surface area contributed by atoms with Crippen LogP contribution < -0.4 is 20.2 Å². The number of nitrogens with one attached hydrogen (secondary N) is 2. The molecule has 0 heterocycles. The highest BCUT2D eigenvalue weighted by Crippen LogP contribution is 2.33. The van der Waals surface area contributed by atoms with Crippen molar-refractivity contribution in [3.63, 3.8) is 0 Å². The lowest BCUT2D eigenvalue weighted by Gasteiger charge is -2.11. The smallest absolute Gasteiger partial charge is 0.343 e. The Balaban J connectivity index is 1.46. The van der Waals surface area contributed by atoms with E-state index in [0.29, 0.717) is 42.6 Å². The Kier molecular flexibility index (Phi) is 9.24. The first-order valence-electron chi connectivity index (χ1n) is 11.5. The summed E-state index contributed by atoms with van der Waals surface area (Å²) in [5.41, 5.74) is 4.48. The zero-order valence-corrected chi connectivity index (χ0v) is 23.7. The Morgan fingerprint density at radius 1 is 0.795 bits per heavy atom. The molecule has 2 N–H and O–H groups in total. The van der Waals surface area contributed by atoms with Crippen LogP contribution in [0.1, 0.15) is 36.6 Å². The monoisotopic (exact) mass is 649 g/mol. The molecule has 0 aliphatic rings. The van der Waals surface area contributed by atoms with Gasteiger partial charge in [-0.05, 0) is 82.7 Å². The number of esters is 1. The number of hydrazone groups is 1. The summed E-state index contributed by atoms with van der Waals surface area (Å²) < 4.78 is 12.0. The molecule has 0 atom stereocenters. The molecule has 0 bridgehead atoms. The van der Waals surface area contributed by atoms with E-state index in [1.807, 2.05) is 6.07 Å². The summed E-state index contributed by atoms with van der Waals surface area (Å²) in [5, 5.41) is 6.81. The number of amides is 2. The lowest BCUT2D eigenvalue weighted by molar-refractivity contribution is 0.0732. The van der Waals surface area contributed by atoms with Gasteiger partial charge in [-0.1, -0.05) is 40.2 Å². The van der Waals surface area contributed by atoms with Crippen molar-refractivity contribution < 1.29 is 23.9 Å². The van der Waals surface area contributed by atoms with Gasteiger partial charge < -0.3 is 14.8 Å². The number of halogens is 2. The Labute approximate surface area is 241 Å². The molecule has 196 valence electrons. The summed E-state index contributed by atoms with van der Waals surface area (Å²) in [6, 6.07) is 25.2. The number of hydrogen-bond acceptors (Lipinski definition) is 6. The van der Waals surface area contributed by atoms with Crippen LogP contribution in [0.4, 0.5) is 5.69 Å². The van der Waals surface area contributed by atoms with Gasteiger partial charge in [0, 0.05) is 26.9 Å². The molecule has 4 aromatic carbocycles. The van der Waals surface area contributed by atoms with Crippen molar-refractivity contribution in [2.75, 3.05) is 12.4 Å². The highest BCUT2D eigenvalue weighted by atomic mass is 79.9. The van der Waals surface area contributed by atoms with Gasteiger partial charge >= 0.3 is 5.97 Å². The van der Waals surface area contributed by atoms with E-state index in [0.717, 1.165) is 0 Å². The molecule has 2 amide bonds. The highest BCUT2D eigenvalue weighted by molar-refractivity contribution is 9.11. The molecule has 39 heavy (non-hydrogen) atoms. The standard InChI is InChI=1S/C29H21Br2N3O5/c1-38-24-12-10-19(11-13-24)29(37)39-26-21(14-22(30)16-25(26)31)17-32-34-28(36)20-8-5-9-23(15-20)33-27(35)18-6-3-2-4-7-18/h2-17H,1H3,(H,33,35)(H,34,36). The van der Waals surface area contributed by atoms with Crippen molar-refractivity contribution in [1.82, 2.24) is 5.43 Å². The number of benzene rings is 4. The molecule has 4 aromatic rings. The Morgan fingerprint density at radius 2 is 1.51 bits per heavy atom. The second-order valence-electron chi connectivity index (χ2n) is 8.02. The molecule has 0 spiro atoms. The quantitative estimate of drug-likeness (QED) is 0.0986. The molecule has 0 fully saturated rings. The SMILES string of the molecule is COc1ccc(C(=O)Oc2c(Br)cc(Br)cc2C=NNC(=O)c2cccc(NC(=O)c3ccccc3)c2)cc1. The number of hydrogen-bond donors (Lipinski definition) is 2. The molecular weight excluding hydrogens is 630 g/mol. The van der Waals surface area contributed by atoms with Gasteiger partial charge in [-0.15, -0.1) is 0 Å². The molecule has 10 heteroatoms. The Hall–Kier alpha value is -4.28. The van der Waals surface area contributed by atoms with E-state index < -0.39 is 11.9 Å². The van der Waals surface area contributed by atoms with Gasteiger partial charge in [0.05, 0.1) is 23.4 Å². The summed E-state index contributed by atoms with van der Waals surface area (Å²) in [4.78, 5) is 37.9. The first kappa shape index (κ1) is 27.7. The number of rotatable bonds is 8. The van der Waals surface area contributed by atoms with Gasteiger partial charge in [-0.25, -0.2) is 10.2 Å². The fourth-order valence-corrected chi connectivity index (χ4v) is 4.76. The van der Waals surface area contributed by atoms with Crippen molar-refractivity contribution >= 4 is 61.5 Å². The maximum atomic E-state index is 12.7. The van der Waals surface area contributed by atoms with E-state index in [4.69, 9.17) is 9.47 Å². The Morgan fingerprint density at radius 3 is 2.23 bits per heavy atom. The zero-order valence-electron chi connectivity index (χ0n) is 20.5. The van der Waals surface area contributed by atoms with Crippen LogP contribution >= 0.6 is 31.9 Å². The van der Waals surface area contributed by atoms with Gasteiger partial charge in [0.25, 0.3) is 11.8 Å². The average molecular weight is 651 g/mol. The number of methoxy groups -OCH3 is 1. The van der Waals surface area contributed by atoms with Crippen LogP contribution in [0.2, 0.25) is 0 Å². The molecule has 0 unspecified atom stereocenters. The number of carbonyl (C=O) groups excluding carboxylic acids is 3. The molecule has 0 radical (unpaired) electrons. The first-order valence-corrected chi connectivity index (χ1v) is 13.1. The molecule has 4 rings (SSSR count). The topological polar surface area (TPSA) is 106 Å². The third kappa shape index (κ3) is 7.40. The van der Waals surface area contributed by atoms with Crippen LogP contribution in [0.5, 0.6) is 11.5 Å². The summed E-state index contributed by atoms with van der Waals surface area (Å²) in [7, 11) is 1.54. The third-order valence-electron chi connectivity index (χ3n) is 5.35. The van der Waals surface area contributed by atoms with Crippen LogP contribution in [0, 0.1) is 0 Å². The molecule has 0 aromatic heterocycles. The molecule has 0 saturated carbocycles. The fourth-order valence-electron chi connectivity index (χ4n) is 3.42. The molecular formula is C29H21Br2N3O5. The summed E-state index contributed by atoms with van der Waals surface area (Å²) in [5.74, 6) is -0.517. The second-order valence-corrected chi connectivity index (χ2v) is 9.79. The van der Waals surface area contributed by atoms with E-state index >= 15 is 0 Å². The number of ether oxygens (including phenoxy) is 2. The van der Waals surface area contributed by atoms with Crippen molar-refractivity contribution in [2.45, 2.75) is 0 Å². The molecule has 0 aliphatic carbocycles. The predicted molar refractivity (Wildman–Crippen MR) is 156 cm³/mol. The van der Waals surface area contributed by atoms with Gasteiger partial charge in [0.2, 0.25) is 0 Å². The summed E-state index contributed by atoms with van der Waals surface area (Å²) in [6.07, 6.45) is 1.37. The first-order chi connectivity index (χ1) is 18.8. The Bertz CT molecular complexity index is 1540. The second kappa shape index (κ2) is 13.0. The summed E-state index contributed by atoms with van der Waals surface area (Å²) >= 11 is 6.82. The van der Waals surface area contributed by atoms with Gasteiger partial charge in [0.1, 0.15) is 5.75 Å². The van der Waals surface area contributed by atoms with Crippen molar-refractivity contribution in [2.24, 2.45) is 5.10 Å². The number of nitrogens with zero attached hydrogens (tertiary/aromatic N) is 1. The number of carbonyl (C=O) groups is 3. The normalized spacial score (nSPS) is 10.6. The zero-order chi connectivity index (χ0) is 27.8. The highest BCUT2D eigenvalue weighted by Gasteiger charge is 2.16. The third-order valence-corrected chi connectivity index (χ3v) is 6.39. The largest absolute Gasteiger partial charge is 0.497 e. The molecule has 0 saturated heterocycles.